The lowest BCUT2D eigenvalue weighted by Crippen LogP contribution is -2.47. The maximum absolute atomic E-state index is 12.7. The molecule has 2 rings (SSSR count). The first-order valence-corrected chi connectivity index (χ1v) is 8.00. The van der Waals surface area contributed by atoms with Crippen LogP contribution in [0.2, 0.25) is 0 Å². The summed E-state index contributed by atoms with van der Waals surface area (Å²) in [4.78, 5) is 14.5. The largest absolute Gasteiger partial charge is 0.391 e. The first kappa shape index (κ1) is 16.6. The average molecular weight is 306 g/mol. The van der Waals surface area contributed by atoms with E-state index in [2.05, 4.69) is 0 Å². The molecule has 6 heteroatoms. The first-order valence-electron chi connectivity index (χ1n) is 8.00. The van der Waals surface area contributed by atoms with E-state index in [0.29, 0.717) is 25.9 Å². The molecule has 3 nitrogen and oxygen atoms in total. The summed E-state index contributed by atoms with van der Waals surface area (Å²) in [5.41, 5.74) is 5.77. The van der Waals surface area contributed by atoms with E-state index in [1.54, 1.807) is 0 Å². The molecule has 1 aliphatic carbocycles. The molecule has 1 atom stereocenters. The minimum absolute atomic E-state index is 0.0352. The molecule has 1 unspecified atom stereocenters. The van der Waals surface area contributed by atoms with E-state index in [4.69, 9.17) is 5.73 Å². The van der Waals surface area contributed by atoms with Crippen molar-refractivity contribution in [2.45, 2.75) is 63.6 Å². The van der Waals surface area contributed by atoms with Crippen LogP contribution in [0.4, 0.5) is 13.2 Å². The minimum Gasteiger partial charge on any atom is -0.338 e. The molecule has 1 saturated carbocycles. The highest BCUT2D eigenvalue weighted by atomic mass is 19.4. The van der Waals surface area contributed by atoms with Gasteiger partial charge in [0.15, 0.2) is 0 Å². The molecular weight excluding hydrogens is 281 g/mol. The Hall–Kier alpha value is -0.780. The summed E-state index contributed by atoms with van der Waals surface area (Å²) in [7, 11) is 0. The molecule has 2 N–H and O–H groups in total. The monoisotopic (exact) mass is 306 g/mol. The number of alkyl halides is 3. The molecule has 2 fully saturated rings. The highest BCUT2D eigenvalue weighted by Crippen LogP contribution is 2.40. The van der Waals surface area contributed by atoms with Gasteiger partial charge in [-0.1, -0.05) is 12.8 Å². The number of nitrogens with zero attached hydrogens (tertiary/aromatic N) is 1. The number of likely N-dealkylation sites (tertiary alicyclic amines) is 1. The third kappa shape index (κ3) is 4.11. The highest BCUT2D eigenvalue weighted by molar-refractivity contribution is 5.79. The van der Waals surface area contributed by atoms with E-state index in [1.165, 1.54) is 0 Å². The normalized spacial score (nSPS) is 31.8. The number of carbonyl (C=O) groups is 1. The minimum atomic E-state index is -4.11. The van der Waals surface area contributed by atoms with Gasteiger partial charge >= 0.3 is 6.18 Å². The molecular formula is C15H25F3N2O. The van der Waals surface area contributed by atoms with Gasteiger partial charge in [-0.05, 0) is 38.5 Å². The molecule has 122 valence electrons. The van der Waals surface area contributed by atoms with E-state index < -0.39 is 12.1 Å². The van der Waals surface area contributed by atoms with Crippen LogP contribution in [0.15, 0.2) is 0 Å². The smallest absolute Gasteiger partial charge is 0.338 e. The Kier molecular flexibility index (Phi) is 5.52. The number of amides is 1. The summed E-state index contributed by atoms with van der Waals surface area (Å²) in [6.07, 6.45) is 0.833. The zero-order valence-corrected chi connectivity index (χ0v) is 12.4. The van der Waals surface area contributed by atoms with Crippen LogP contribution < -0.4 is 5.73 Å². The van der Waals surface area contributed by atoms with Gasteiger partial charge in [-0.25, -0.2) is 0 Å². The van der Waals surface area contributed by atoms with Crippen LogP contribution in [0, 0.1) is 11.8 Å². The Balaban J connectivity index is 1.94. The van der Waals surface area contributed by atoms with Gasteiger partial charge in [0.05, 0.1) is 5.92 Å². The van der Waals surface area contributed by atoms with Crippen LogP contribution in [0.3, 0.4) is 0 Å². The standard InChI is InChI=1S/C15H25F3N2O/c16-15(17,18)12-7-5-11(6-8-12)14(21)20-9-3-1-2-4-13(20)10-19/h11-13H,1-10,19H2. The van der Waals surface area contributed by atoms with Crippen LogP contribution in [0.5, 0.6) is 0 Å². The zero-order valence-electron chi connectivity index (χ0n) is 12.4. The fourth-order valence-electron chi connectivity index (χ4n) is 3.61. The fraction of sp³-hybridized carbons (Fsp3) is 0.933. The van der Waals surface area contributed by atoms with E-state index >= 15 is 0 Å². The molecule has 0 aromatic carbocycles. The molecule has 2 aliphatic rings. The Bertz CT molecular complexity index is 351. The third-order valence-electron chi connectivity index (χ3n) is 4.97. The predicted molar refractivity (Wildman–Crippen MR) is 74.5 cm³/mol. The maximum Gasteiger partial charge on any atom is 0.391 e. The Morgan fingerprint density at radius 1 is 1.05 bits per heavy atom. The summed E-state index contributed by atoms with van der Waals surface area (Å²) in [5.74, 6) is -1.43. The van der Waals surface area contributed by atoms with Gasteiger partial charge in [-0.3, -0.25) is 4.79 Å². The van der Waals surface area contributed by atoms with Crippen molar-refractivity contribution < 1.29 is 18.0 Å². The molecule has 0 radical (unpaired) electrons. The maximum atomic E-state index is 12.7. The van der Waals surface area contributed by atoms with Crippen molar-refractivity contribution in [3.63, 3.8) is 0 Å². The van der Waals surface area contributed by atoms with Crippen LogP contribution in [0.25, 0.3) is 0 Å². The molecule has 1 aliphatic heterocycles. The summed E-state index contributed by atoms with van der Waals surface area (Å²) in [5, 5.41) is 0. The number of carbonyl (C=O) groups excluding carboxylic acids is 1. The van der Waals surface area contributed by atoms with Crippen LogP contribution in [0.1, 0.15) is 51.4 Å². The van der Waals surface area contributed by atoms with Crippen molar-refractivity contribution in [3.05, 3.63) is 0 Å². The van der Waals surface area contributed by atoms with Crippen LogP contribution in [-0.4, -0.2) is 36.1 Å². The Morgan fingerprint density at radius 3 is 2.29 bits per heavy atom. The van der Waals surface area contributed by atoms with Crippen molar-refractivity contribution in [1.29, 1.82) is 0 Å². The van der Waals surface area contributed by atoms with Crippen molar-refractivity contribution in [2.24, 2.45) is 17.6 Å². The van der Waals surface area contributed by atoms with Crippen molar-refractivity contribution in [2.75, 3.05) is 13.1 Å². The molecule has 0 bridgehead atoms. The number of rotatable bonds is 2. The summed E-state index contributed by atoms with van der Waals surface area (Å²) in [6.45, 7) is 1.16. The second kappa shape index (κ2) is 6.99. The number of halogens is 3. The van der Waals surface area contributed by atoms with Gasteiger partial charge in [0, 0.05) is 25.0 Å². The van der Waals surface area contributed by atoms with E-state index in [-0.39, 0.29) is 30.7 Å². The molecule has 1 heterocycles. The number of hydrogen-bond acceptors (Lipinski definition) is 2. The molecule has 0 aromatic heterocycles. The summed E-state index contributed by atoms with van der Waals surface area (Å²) in [6, 6.07) is 0.0698. The van der Waals surface area contributed by atoms with Gasteiger partial charge in [0.2, 0.25) is 5.91 Å². The van der Waals surface area contributed by atoms with Gasteiger partial charge in [0.25, 0.3) is 0 Å². The first-order chi connectivity index (χ1) is 9.93. The topological polar surface area (TPSA) is 46.3 Å². The highest BCUT2D eigenvalue weighted by Gasteiger charge is 2.43. The van der Waals surface area contributed by atoms with Crippen molar-refractivity contribution in [3.8, 4) is 0 Å². The van der Waals surface area contributed by atoms with Crippen molar-refractivity contribution in [1.82, 2.24) is 4.90 Å². The lowest BCUT2D eigenvalue weighted by atomic mass is 9.81. The molecule has 1 amide bonds. The third-order valence-corrected chi connectivity index (χ3v) is 4.97. The van der Waals surface area contributed by atoms with Gasteiger partial charge in [-0.15, -0.1) is 0 Å². The summed E-state index contributed by atoms with van der Waals surface area (Å²) >= 11 is 0. The number of hydrogen-bond donors (Lipinski definition) is 1. The molecule has 0 aromatic rings. The Labute approximate surface area is 124 Å². The molecule has 21 heavy (non-hydrogen) atoms. The van der Waals surface area contributed by atoms with Crippen molar-refractivity contribution >= 4 is 5.91 Å². The quantitative estimate of drug-likeness (QED) is 0.852. The fourth-order valence-corrected chi connectivity index (χ4v) is 3.61. The molecule has 0 spiro atoms. The Morgan fingerprint density at radius 2 is 1.71 bits per heavy atom. The van der Waals surface area contributed by atoms with E-state index in [9.17, 15) is 18.0 Å². The van der Waals surface area contributed by atoms with Gasteiger partial charge in [0.1, 0.15) is 0 Å². The van der Waals surface area contributed by atoms with Crippen LogP contribution in [-0.2, 0) is 4.79 Å². The number of nitrogens with two attached hydrogens (primary N) is 1. The SMILES string of the molecule is NCC1CCCCCN1C(=O)C1CCC(C(F)(F)F)CC1. The second-order valence-corrected chi connectivity index (χ2v) is 6.36. The lowest BCUT2D eigenvalue weighted by molar-refractivity contribution is -0.185. The predicted octanol–water partition coefficient (Wildman–Crippen LogP) is 3.09. The lowest BCUT2D eigenvalue weighted by Gasteiger charge is -2.35. The van der Waals surface area contributed by atoms with Gasteiger partial charge < -0.3 is 10.6 Å². The van der Waals surface area contributed by atoms with E-state index in [1.807, 2.05) is 4.90 Å². The summed E-state index contributed by atoms with van der Waals surface area (Å²) < 4.78 is 38.0. The van der Waals surface area contributed by atoms with Crippen LogP contribution >= 0.6 is 0 Å². The molecule has 1 saturated heterocycles. The van der Waals surface area contributed by atoms with Gasteiger partial charge in [-0.2, -0.15) is 13.2 Å². The second-order valence-electron chi connectivity index (χ2n) is 6.36. The van der Waals surface area contributed by atoms with E-state index in [0.717, 1.165) is 25.7 Å². The average Bonchev–Trinajstić information content (AvgIpc) is 2.70. The zero-order chi connectivity index (χ0) is 15.5.